The van der Waals surface area contributed by atoms with Crippen LogP contribution in [-0.4, -0.2) is 24.0 Å². The standard InChI is InChI=1S/C16H19NO2/c1-3-13-14-8-9-15(13)17(16(14)18)10-11-4-6-12(19-2)7-5-11/h4-9,13-15H,3,10H2,1-2H3. The molecule has 0 saturated carbocycles. The van der Waals surface area contributed by atoms with Crippen LogP contribution in [0.25, 0.3) is 0 Å². The highest BCUT2D eigenvalue weighted by atomic mass is 16.5. The lowest BCUT2D eigenvalue weighted by molar-refractivity contribution is -0.131. The average Bonchev–Trinajstić information content (AvgIpc) is 2.97. The molecule has 1 fully saturated rings. The predicted octanol–water partition coefficient (Wildman–Crippen LogP) is 2.62. The molecule has 3 nitrogen and oxygen atoms in total. The van der Waals surface area contributed by atoms with Gasteiger partial charge in [-0.15, -0.1) is 0 Å². The van der Waals surface area contributed by atoms with Crippen molar-refractivity contribution in [3.8, 4) is 5.75 Å². The summed E-state index contributed by atoms with van der Waals surface area (Å²) in [5.74, 6) is 1.73. The number of amides is 1. The Balaban J connectivity index is 1.76. The number of carbonyl (C=O) groups excluding carboxylic acids is 1. The van der Waals surface area contributed by atoms with Crippen LogP contribution >= 0.6 is 0 Å². The van der Waals surface area contributed by atoms with E-state index in [-0.39, 0.29) is 11.8 Å². The van der Waals surface area contributed by atoms with Gasteiger partial charge in [-0.05, 0) is 30.0 Å². The first-order valence-electron chi connectivity index (χ1n) is 6.86. The quantitative estimate of drug-likeness (QED) is 0.776. The fourth-order valence-electron chi connectivity index (χ4n) is 3.28. The summed E-state index contributed by atoms with van der Waals surface area (Å²) in [6, 6.07) is 8.25. The highest BCUT2D eigenvalue weighted by Gasteiger charge is 2.48. The van der Waals surface area contributed by atoms with Crippen LogP contribution in [0.4, 0.5) is 0 Å². The summed E-state index contributed by atoms with van der Waals surface area (Å²) in [4.78, 5) is 14.3. The second-order valence-corrected chi connectivity index (χ2v) is 5.29. The molecule has 0 radical (unpaired) electrons. The Kier molecular flexibility index (Phi) is 3.05. The van der Waals surface area contributed by atoms with Crippen LogP contribution in [0.15, 0.2) is 36.4 Å². The van der Waals surface area contributed by atoms with E-state index in [0.29, 0.717) is 18.5 Å². The van der Waals surface area contributed by atoms with Crippen molar-refractivity contribution in [3.05, 3.63) is 42.0 Å². The van der Waals surface area contributed by atoms with E-state index in [0.717, 1.165) is 17.7 Å². The van der Waals surface area contributed by atoms with Gasteiger partial charge in [0, 0.05) is 6.54 Å². The Morgan fingerprint density at radius 1 is 1.21 bits per heavy atom. The molecule has 2 bridgehead atoms. The van der Waals surface area contributed by atoms with Crippen molar-refractivity contribution in [2.45, 2.75) is 25.9 Å². The fourth-order valence-corrected chi connectivity index (χ4v) is 3.28. The maximum absolute atomic E-state index is 12.3. The number of likely N-dealkylation sites (tertiary alicyclic amines) is 1. The molecule has 0 spiro atoms. The van der Waals surface area contributed by atoms with Gasteiger partial charge in [0.2, 0.25) is 5.91 Å². The molecule has 100 valence electrons. The summed E-state index contributed by atoms with van der Waals surface area (Å²) >= 11 is 0. The number of carbonyl (C=O) groups is 1. The van der Waals surface area contributed by atoms with Crippen LogP contribution in [0.1, 0.15) is 18.9 Å². The molecule has 1 amide bonds. The number of fused-ring (bicyclic) bond motifs is 2. The number of methoxy groups -OCH3 is 1. The van der Waals surface area contributed by atoms with Crippen molar-refractivity contribution in [1.82, 2.24) is 4.90 Å². The van der Waals surface area contributed by atoms with Gasteiger partial charge < -0.3 is 9.64 Å². The van der Waals surface area contributed by atoms with E-state index < -0.39 is 0 Å². The summed E-state index contributed by atoms with van der Waals surface area (Å²) in [6.07, 6.45) is 5.35. The maximum Gasteiger partial charge on any atom is 0.230 e. The minimum atomic E-state index is 0.119. The van der Waals surface area contributed by atoms with Gasteiger partial charge in [-0.3, -0.25) is 4.79 Å². The van der Waals surface area contributed by atoms with Crippen LogP contribution < -0.4 is 4.74 Å². The van der Waals surface area contributed by atoms with Gasteiger partial charge >= 0.3 is 0 Å². The lowest BCUT2D eigenvalue weighted by Crippen LogP contribution is -2.34. The Morgan fingerprint density at radius 2 is 1.95 bits per heavy atom. The number of nitrogens with zero attached hydrogens (tertiary/aromatic N) is 1. The molecule has 3 atom stereocenters. The zero-order valence-electron chi connectivity index (χ0n) is 11.4. The van der Waals surface area contributed by atoms with E-state index in [9.17, 15) is 4.79 Å². The lowest BCUT2D eigenvalue weighted by atomic mass is 9.94. The second kappa shape index (κ2) is 4.72. The first kappa shape index (κ1) is 12.3. The van der Waals surface area contributed by atoms with Gasteiger partial charge in [0.25, 0.3) is 0 Å². The Bertz CT molecular complexity index is 506. The van der Waals surface area contributed by atoms with Crippen molar-refractivity contribution in [2.75, 3.05) is 7.11 Å². The molecule has 19 heavy (non-hydrogen) atoms. The Hall–Kier alpha value is -1.77. The van der Waals surface area contributed by atoms with Crippen molar-refractivity contribution >= 4 is 5.91 Å². The third-order valence-electron chi connectivity index (χ3n) is 4.33. The van der Waals surface area contributed by atoms with Crippen molar-refractivity contribution < 1.29 is 9.53 Å². The van der Waals surface area contributed by atoms with E-state index in [1.54, 1.807) is 7.11 Å². The van der Waals surface area contributed by atoms with Gasteiger partial charge in [0.15, 0.2) is 0 Å². The molecule has 1 aromatic carbocycles. The second-order valence-electron chi connectivity index (χ2n) is 5.29. The summed E-state index contributed by atoms with van der Waals surface area (Å²) < 4.78 is 5.15. The van der Waals surface area contributed by atoms with Gasteiger partial charge in [-0.2, -0.15) is 0 Å². The minimum absolute atomic E-state index is 0.119. The highest BCUT2D eigenvalue weighted by molar-refractivity contribution is 5.85. The average molecular weight is 257 g/mol. The SMILES string of the molecule is CCC1C2C=CC1N(Cc1ccc(OC)cc1)C2=O. The molecule has 0 aromatic heterocycles. The molecule has 1 heterocycles. The molecule has 0 N–H and O–H groups in total. The molecule has 1 aliphatic carbocycles. The van der Waals surface area contributed by atoms with E-state index in [2.05, 4.69) is 19.1 Å². The maximum atomic E-state index is 12.3. The molecule has 1 aliphatic heterocycles. The number of benzene rings is 1. The molecule has 3 rings (SSSR count). The van der Waals surface area contributed by atoms with Gasteiger partial charge in [0.05, 0.1) is 19.1 Å². The van der Waals surface area contributed by atoms with Crippen LogP contribution in [0.2, 0.25) is 0 Å². The Labute approximate surface area is 113 Å². The van der Waals surface area contributed by atoms with Crippen LogP contribution in [0, 0.1) is 11.8 Å². The summed E-state index contributed by atoms with van der Waals surface area (Å²) in [5.41, 5.74) is 1.16. The zero-order chi connectivity index (χ0) is 13.4. The summed E-state index contributed by atoms with van der Waals surface area (Å²) in [6.45, 7) is 2.87. The fraction of sp³-hybridized carbons (Fsp3) is 0.438. The molecule has 3 heteroatoms. The largest absolute Gasteiger partial charge is 0.497 e. The van der Waals surface area contributed by atoms with Crippen molar-refractivity contribution in [1.29, 1.82) is 0 Å². The predicted molar refractivity (Wildman–Crippen MR) is 73.7 cm³/mol. The highest BCUT2D eigenvalue weighted by Crippen LogP contribution is 2.41. The van der Waals surface area contributed by atoms with E-state index in [1.165, 1.54) is 0 Å². The first-order valence-corrected chi connectivity index (χ1v) is 6.86. The van der Waals surface area contributed by atoms with Crippen LogP contribution in [-0.2, 0) is 11.3 Å². The normalized spacial score (nSPS) is 28.2. The number of hydrogen-bond acceptors (Lipinski definition) is 2. The molecule has 2 aliphatic rings. The molecular weight excluding hydrogens is 238 g/mol. The molecule has 1 saturated heterocycles. The monoisotopic (exact) mass is 257 g/mol. The van der Waals surface area contributed by atoms with Crippen LogP contribution in [0.5, 0.6) is 5.75 Å². The smallest absolute Gasteiger partial charge is 0.230 e. The van der Waals surface area contributed by atoms with E-state index in [4.69, 9.17) is 4.74 Å². The van der Waals surface area contributed by atoms with Crippen LogP contribution in [0.3, 0.4) is 0 Å². The molecular formula is C16H19NO2. The number of ether oxygens (including phenoxy) is 1. The summed E-state index contributed by atoms with van der Waals surface area (Å²) in [5, 5.41) is 0. The minimum Gasteiger partial charge on any atom is -0.497 e. The number of hydrogen-bond donors (Lipinski definition) is 0. The van der Waals surface area contributed by atoms with Crippen molar-refractivity contribution in [3.63, 3.8) is 0 Å². The topological polar surface area (TPSA) is 29.5 Å². The molecule has 1 aromatic rings. The third-order valence-corrected chi connectivity index (χ3v) is 4.33. The molecule has 3 unspecified atom stereocenters. The van der Waals surface area contributed by atoms with E-state index >= 15 is 0 Å². The van der Waals surface area contributed by atoms with Gasteiger partial charge in [-0.25, -0.2) is 0 Å². The third kappa shape index (κ3) is 1.93. The zero-order valence-corrected chi connectivity index (χ0v) is 11.4. The lowest BCUT2D eigenvalue weighted by Gasteiger charge is -2.25. The van der Waals surface area contributed by atoms with Gasteiger partial charge in [0.1, 0.15) is 5.75 Å². The van der Waals surface area contributed by atoms with E-state index in [1.807, 2.05) is 29.2 Å². The first-order chi connectivity index (χ1) is 9.24. The van der Waals surface area contributed by atoms with Crippen molar-refractivity contribution in [2.24, 2.45) is 11.8 Å². The Morgan fingerprint density at radius 3 is 2.53 bits per heavy atom. The van der Waals surface area contributed by atoms with Gasteiger partial charge in [-0.1, -0.05) is 31.2 Å². The number of rotatable bonds is 4. The summed E-state index contributed by atoms with van der Waals surface area (Å²) in [7, 11) is 1.66.